The summed E-state index contributed by atoms with van der Waals surface area (Å²) in [6.07, 6.45) is 1.34. The van der Waals surface area contributed by atoms with Crippen LogP contribution in [0.1, 0.15) is 19.1 Å². The molecule has 2 heterocycles. The summed E-state index contributed by atoms with van der Waals surface area (Å²) in [6.45, 7) is 3.30. The Balaban J connectivity index is 0.00000225. The fourth-order valence-electron chi connectivity index (χ4n) is 2.86. The molecule has 0 bridgehead atoms. The number of rotatable bonds is 5. The van der Waals surface area contributed by atoms with Crippen LogP contribution in [0.2, 0.25) is 0 Å². The fourth-order valence-corrected chi connectivity index (χ4v) is 4.53. The summed E-state index contributed by atoms with van der Waals surface area (Å²) < 4.78 is 28.9. The Bertz CT molecular complexity index is 800. The largest absolute Gasteiger partial charge is 0.461 e. The number of aliphatic imine (C=N–C) groups is 1. The Morgan fingerprint density at radius 3 is 2.84 bits per heavy atom. The maximum atomic E-state index is 11.6. The highest BCUT2D eigenvalue weighted by Gasteiger charge is 2.28. The van der Waals surface area contributed by atoms with E-state index < -0.39 is 9.84 Å². The molecule has 0 aliphatic carbocycles. The minimum absolute atomic E-state index is 0. The molecule has 1 aliphatic heterocycles. The third-order valence-electron chi connectivity index (χ3n) is 4.02. The van der Waals surface area contributed by atoms with Gasteiger partial charge in [-0.2, -0.15) is 0 Å². The molecule has 3 rings (SSSR count). The molecule has 1 unspecified atom stereocenters. The number of benzene rings is 1. The summed E-state index contributed by atoms with van der Waals surface area (Å²) in [6, 6.07) is 9.90. The summed E-state index contributed by atoms with van der Waals surface area (Å²) in [5.74, 6) is 2.00. The van der Waals surface area contributed by atoms with Crippen molar-refractivity contribution in [2.75, 3.05) is 24.6 Å². The summed E-state index contributed by atoms with van der Waals surface area (Å²) in [7, 11) is -2.89. The van der Waals surface area contributed by atoms with Gasteiger partial charge in [-0.05, 0) is 25.5 Å². The molecule has 2 aromatic rings. The molecule has 1 saturated heterocycles. The zero-order chi connectivity index (χ0) is 17.0. The van der Waals surface area contributed by atoms with Crippen LogP contribution in [0.5, 0.6) is 0 Å². The van der Waals surface area contributed by atoms with Crippen molar-refractivity contribution < 1.29 is 12.8 Å². The summed E-state index contributed by atoms with van der Waals surface area (Å²) in [4.78, 5) is 4.53. The van der Waals surface area contributed by atoms with Gasteiger partial charge in [-0.1, -0.05) is 18.2 Å². The van der Waals surface area contributed by atoms with Crippen molar-refractivity contribution in [3.63, 3.8) is 0 Å². The molecule has 0 radical (unpaired) electrons. The van der Waals surface area contributed by atoms with Crippen molar-refractivity contribution in [2.24, 2.45) is 4.99 Å². The molecule has 1 aromatic carbocycles. The van der Waals surface area contributed by atoms with Crippen molar-refractivity contribution >= 4 is 50.7 Å². The quantitative estimate of drug-likeness (QED) is 0.393. The van der Waals surface area contributed by atoms with Gasteiger partial charge in [0.25, 0.3) is 0 Å². The Labute approximate surface area is 165 Å². The highest BCUT2D eigenvalue weighted by Crippen LogP contribution is 2.19. The molecule has 0 spiro atoms. The van der Waals surface area contributed by atoms with E-state index in [-0.39, 0.29) is 41.5 Å². The maximum Gasteiger partial charge on any atom is 0.191 e. The van der Waals surface area contributed by atoms with E-state index in [1.165, 1.54) is 0 Å². The molecule has 6 nitrogen and oxygen atoms in total. The second-order valence-electron chi connectivity index (χ2n) is 6.01. The van der Waals surface area contributed by atoms with Crippen molar-refractivity contribution in [1.82, 2.24) is 10.6 Å². The van der Waals surface area contributed by atoms with Crippen LogP contribution in [0.4, 0.5) is 0 Å². The standard InChI is InChI=1S/C17H23N3O3S.HI/c1-2-18-17(20-14-8-10-24(21,22)12-14)19-9-7-15-11-13-5-3-4-6-16(13)23-15;/h3-6,11,14H,2,7-10,12H2,1H3,(H2,18,19,20);1H. The van der Waals surface area contributed by atoms with E-state index in [2.05, 4.69) is 15.6 Å². The molecule has 1 fully saturated rings. The van der Waals surface area contributed by atoms with Crippen molar-refractivity contribution in [1.29, 1.82) is 0 Å². The number of para-hydroxylation sites is 1. The lowest BCUT2D eigenvalue weighted by Crippen LogP contribution is -2.44. The number of hydrogen-bond donors (Lipinski definition) is 2. The lowest BCUT2D eigenvalue weighted by Gasteiger charge is -2.15. The predicted octanol–water partition coefficient (Wildman–Crippen LogP) is 2.34. The zero-order valence-corrected chi connectivity index (χ0v) is 17.3. The number of fused-ring (bicyclic) bond motifs is 1. The van der Waals surface area contributed by atoms with Crippen LogP contribution < -0.4 is 10.6 Å². The van der Waals surface area contributed by atoms with Gasteiger partial charge < -0.3 is 15.1 Å². The second kappa shape index (κ2) is 8.88. The molecule has 138 valence electrons. The van der Waals surface area contributed by atoms with Gasteiger partial charge in [0.2, 0.25) is 0 Å². The van der Waals surface area contributed by atoms with Crippen LogP contribution in [0.25, 0.3) is 11.0 Å². The van der Waals surface area contributed by atoms with Gasteiger partial charge >= 0.3 is 0 Å². The van der Waals surface area contributed by atoms with Gasteiger partial charge in [-0.3, -0.25) is 4.99 Å². The fraction of sp³-hybridized carbons (Fsp3) is 0.471. The number of nitrogens with one attached hydrogen (secondary N) is 2. The average molecular weight is 477 g/mol. The minimum Gasteiger partial charge on any atom is -0.461 e. The van der Waals surface area contributed by atoms with E-state index in [4.69, 9.17) is 4.42 Å². The van der Waals surface area contributed by atoms with Crippen LogP contribution >= 0.6 is 24.0 Å². The number of hydrogen-bond acceptors (Lipinski definition) is 4. The maximum absolute atomic E-state index is 11.6. The molecule has 1 atom stereocenters. The lowest BCUT2D eigenvalue weighted by atomic mass is 10.2. The second-order valence-corrected chi connectivity index (χ2v) is 8.23. The van der Waals surface area contributed by atoms with Gasteiger partial charge in [0.05, 0.1) is 11.5 Å². The first-order chi connectivity index (χ1) is 11.6. The monoisotopic (exact) mass is 477 g/mol. The summed E-state index contributed by atoms with van der Waals surface area (Å²) in [5, 5.41) is 7.47. The van der Waals surface area contributed by atoms with E-state index in [1.807, 2.05) is 37.3 Å². The minimum atomic E-state index is -2.89. The highest BCUT2D eigenvalue weighted by molar-refractivity contribution is 14.0. The summed E-state index contributed by atoms with van der Waals surface area (Å²) in [5.41, 5.74) is 0.887. The number of furan rings is 1. The molecule has 2 N–H and O–H groups in total. The highest BCUT2D eigenvalue weighted by atomic mass is 127. The normalized spacial score (nSPS) is 19.6. The van der Waals surface area contributed by atoms with E-state index in [1.54, 1.807) is 0 Å². The third kappa shape index (κ3) is 5.60. The third-order valence-corrected chi connectivity index (χ3v) is 5.79. The topological polar surface area (TPSA) is 83.7 Å². The van der Waals surface area contributed by atoms with Crippen molar-refractivity contribution in [3.8, 4) is 0 Å². The number of guanidine groups is 1. The van der Waals surface area contributed by atoms with Crippen LogP contribution in [0.15, 0.2) is 39.7 Å². The molecule has 8 heteroatoms. The first-order valence-corrected chi connectivity index (χ1v) is 10.1. The van der Waals surface area contributed by atoms with Gasteiger partial charge in [0.15, 0.2) is 15.8 Å². The Hall–Kier alpha value is -1.29. The first kappa shape index (κ1) is 20.0. The molecule has 0 amide bonds. The molecule has 0 saturated carbocycles. The number of sulfone groups is 1. The smallest absolute Gasteiger partial charge is 0.191 e. The summed E-state index contributed by atoms with van der Waals surface area (Å²) >= 11 is 0. The average Bonchev–Trinajstić information content (AvgIpc) is 3.09. The van der Waals surface area contributed by atoms with Crippen LogP contribution in [-0.4, -0.2) is 45.0 Å². The Morgan fingerprint density at radius 1 is 1.36 bits per heavy atom. The molecular formula is C17H24IN3O3S. The number of halogens is 1. The van der Waals surface area contributed by atoms with Crippen LogP contribution in [0, 0.1) is 0 Å². The van der Waals surface area contributed by atoms with E-state index in [9.17, 15) is 8.42 Å². The van der Waals surface area contributed by atoms with Gasteiger partial charge in [0, 0.05) is 30.9 Å². The van der Waals surface area contributed by atoms with Crippen LogP contribution in [-0.2, 0) is 16.3 Å². The molecular weight excluding hydrogens is 453 g/mol. The lowest BCUT2D eigenvalue weighted by molar-refractivity contribution is 0.549. The van der Waals surface area contributed by atoms with E-state index in [0.717, 1.165) is 23.3 Å². The Kier molecular flexibility index (Phi) is 7.12. The van der Waals surface area contributed by atoms with Gasteiger partial charge in [-0.15, -0.1) is 24.0 Å². The molecule has 25 heavy (non-hydrogen) atoms. The van der Waals surface area contributed by atoms with Crippen molar-refractivity contribution in [3.05, 3.63) is 36.1 Å². The van der Waals surface area contributed by atoms with Gasteiger partial charge in [-0.25, -0.2) is 8.42 Å². The zero-order valence-electron chi connectivity index (χ0n) is 14.2. The molecule has 1 aromatic heterocycles. The van der Waals surface area contributed by atoms with Crippen LogP contribution in [0.3, 0.4) is 0 Å². The SMILES string of the molecule is CCNC(=NCCc1cc2ccccc2o1)NC1CCS(=O)(=O)C1.I. The van der Waals surface area contributed by atoms with E-state index in [0.29, 0.717) is 25.3 Å². The number of nitrogens with zero attached hydrogens (tertiary/aromatic N) is 1. The molecule has 1 aliphatic rings. The predicted molar refractivity (Wildman–Crippen MR) is 112 cm³/mol. The van der Waals surface area contributed by atoms with Gasteiger partial charge in [0.1, 0.15) is 11.3 Å². The van der Waals surface area contributed by atoms with E-state index >= 15 is 0 Å². The Morgan fingerprint density at radius 2 is 2.16 bits per heavy atom. The first-order valence-electron chi connectivity index (χ1n) is 8.28. The van der Waals surface area contributed by atoms with Crippen molar-refractivity contribution in [2.45, 2.75) is 25.8 Å².